The fraction of sp³-hybridized carbons (Fsp3) is 0.312. The van der Waals surface area contributed by atoms with Crippen molar-refractivity contribution in [2.45, 2.75) is 31.6 Å². The average Bonchev–Trinajstić information content (AvgIpc) is 2.49. The summed E-state index contributed by atoms with van der Waals surface area (Å²) in [7, 11) is 0. The second-order valence-electron chi connectivity index (χ2n) is 4.99. The zero-order chi connectivity index (χ0) is 13.9. The van der Waals surface area contributed by atoms with Gasteiger partial charge in [-0.1, -0.05) is 6.07 Å². The van der Waals surface area contributed by atoms with Crippen molar-refractivity contribution in [1.82, 2.24) is 4.98 Å². The van der Waals surface area contributed by atoms with Crippen LogP contribution in [0.4, 0.5) is 0 Å². The van der Waals surface area contributed by atoms with Crippen LogP contribution in [0, 0.1) is 0 Å². The largest absolute Gasteiger partial charge is 0.439 e. The molecule has 1 aliphatic rings. The highest BCUT2D eigenvalue weighted by molar-refractivity contribution is 9.10. The Kier molecular flexibility index (Phi) is 4.27. The van der Waals surface area contributed by atoms with E-state index in [-0.39, 0.29) is 0 Å². The van der Waals surface area contributed by atoms with E-state index >= 15 is 0 Å². The average molecular weight is 353 g/mol. The third-order valence-corrected chi connectivity index (χ3v) is 4.29. The third kappa shape index (κ3) is 2.99. The van der Waals surface area contributed by atoms with Gasteiger partial charge in [0.15, 0.2) is 0 Å². The number of hydrogen-bond acceptors (Lipinski definition) is 2. The van der Waals surface area contributed by atoms with E-state index in [0.717, 1.165) is 22.2 Å². The van der Waals surface area contributed by atoms with Gasteiger partial charge in [-0.3, -0.25) is 0 Å². The van der Waals surface area contributed by atoms with Crippen molar-refractivity contribution < 1.29 is 4.74 Å². The normalized spacial score (nSPS) is 13.9. The topological polar surface area (TPSA) is 22.1 Å². The lowest BCUT2D eigenvalue weighted by molar-refractivity contribution is 0.456. The Morgan fingerprint density at radius 1 is 1.15 bits per heavy atom. The standard InChI is InChI=1S/C16H15BrClNO/c17-14-7-13(9-18)16(19-10-14)20-15-6-5-11-3-1-2-4-12(11)8-15/h5-8,10H,1-4,9H2. The number of hydrogen-bond donors (Lipinski definition) is 0. The number of aryl methyl sites for hydroxylation is 2. The van der Waals surface area contributed by atoms with Gasteiger partial charge in [0.2, 0.25) is 5.88 Å². The highest BCUT2D eigenvalue weighted by Crippen LogP contribution is 2.30. The van der Waals surface area contributed by atoms with Crippen LogP contribution in [0.1, 0.15) is 29.5 Å². The molecular formula is C16H15BrClNO. The molecule has 0 bridgehead atoms. The number of ether oxygens (including phenoxy) is 1. The van der Waals surface area contributed by atoms with Crippen LogP contribution in [0.15, 0.2) is 34.9 Å². The van der Waals surface area contributed by atoms with E-state index in [1.165, 1.54) is 30.4 Å². The molecule has 0 radical (unpaired) electrons. The second-order valence-corrected chi connectivity index (χ2v) is 6.17. The SMILES string of the molecule is ClCc1cc(Br)cnc1Oc1ccc2c(c1)CCCC2. The fourth-order valence-corrected chi connectivity index (χ4v) is 3.11. The predicted molar refractivity (Wildman–Crippen MR) is 84.7 cm³/mol. The molecule has 1 aliphatic carbocycles. The minimum absolute atomic E-state index is 0.382. The first kappa shape index (κ1) is 13.9. The van der Waals surface area contributed by atoms with Crippen LogP contribution in [0.3, 0.4) is 0 Å². The van der Waals surface area contributed by atoms with Crippen molar-refractivity contribution in [2.24, 2.45) is 0 Å². The van der Waals surface area contributed by atoms with Crippen molar-refractivity contribution in [1.29, 1.82) is 0 Å². The van der Waals surface area contributed by atoms with Crippen molar-refractivity contribution in [2.75, 3.05) is 0 Å². The van der Waals surface area contributed by atoms with E-state index < -0.39 is 0 Å². The quantitative estimate of drug-likeness (QED) is 0.703. The van der Waals surface area contributed by atoms with Gasteiger partial charge >= 0.3 is 0 Å². The van der Waals surface area contributed by atoms with Crippen molar-refractivity contribution in [3.05, 3.63) is 51.6 Å². The number of pyridine rings is 1. The molecule has 0 atom stereocenters. The number of nitrogens with zero attached hydrogens (tertiary/aromatic N) is 1. The highest BCUT2D eigenvalue weighted by atomic mass is 79.9. The van der Waals surface area contributed by atoms with E-state index in [9.17, 15) is 0 Å². The molecule has 0 unspecified atom stereocenters. The van der Waals surface area contributed by atoms with Gasteiger partial charge in [-0.25, -0.2) is 4.98 Å². The number of rotatable bonds is 3. The maximum Gasteiger partial charge on any atom is 0.223 e. The molecule has 104 valence electrons. The van der Waals surface area contributed by atoms with E-state index in [1.54, 1.807) is 6.20 Å². The summed E-state index contributed by atoms with van der Waals surface area (Å²) in [6.07, 6.45) is 6.60. The molecule has 0 fully saturated rings. The molecule has 1 aromatic carbocycles. The number of alkyl halides is 1. The van der Waals surface area contributed by atoms with Gasteiger partial charge in [0.25, 0.3) is 0 Å². The van der Waals surface area contributed by atoms with E-state index in [1.807, 2.05) is 12.1 Å². The monoisotopic (exact) mass is 351 g/mol. The summed E-state index contributed by atoms with van der Waals surface area (Å²) in [4.78, 5) is 4.30. The first-order valence-electron chi connectivity index (χ1n) is 6.76. The summed E-state index contributed by atoms with van der Waals surface area (Å²) in [6.45, 7) is 0. The molecule has 1 aromatic heterocycles. The van der Waals surface area contributed by atoms with E-state index in [4.69, 9.17) is 16.3 Å². The Labute approximate surface area is 132 Å². The number of fused-ring (bicyclic) bond motifs is 1. The Bertz CT molecular complexity index is 630. The predicted octanol–water partition coefficient (Wildman–Crippen LogP) is 5.25. The maximum atomic E-state index is 5.94. The molecule has 2 aromatic rings. The first-order valence-corrected chi connectivity index (χ1v) is 8.09. The second kappa shape index (κ2) is 6.15. The third-order valence-electron chi connectivity index (χ3n) is 3.57. The minimum Gasteiger partial charge on any atom is -0.439 e. The van der Waals surface area contributed by atoms with Crippen LogP contribution >= 0.6 is 27.5 Å². The van der Waals surface area contributed by atoms with E-state index in [0.29, 0.717) is 11.8 Å². The molecule has 3 rings (SSSR count). The Morgan fingerprint density at radius 3 is 2.75 bits per heavy atom. The van der Waals surface area contributed by atoms with Gasteiger partial charge in [0, 0.05) is 16.2 Å². The fourth-order valence-electron chi connectivity index (χ4n) is 2.54. The molecular weight excluding hydrogens is 338 g/mol. The lowest BCUT2D eigenvalue weighted by Gasteiger charge is -2.17. The van der Waals surface area contributed by atoms with Crippen molar-refractivity contribution >= 4 is 27.5 Å². The molecule has 4 heteroatoms. The van der Waals surface area contributed by atoms with Gasteiger partial charge < -0.3 is 4.74 Å². The zero-order valence-electron chi connectivity index (χ0n) is 11.0. The summed E-state index contributed by atoms with van der Waals surface area (Å²) >= 11 is 9.34. The molecule has 20 heavy (non-hydrogen) atoms. The molecule has 1 heterocycles. The molecule has 0 amide bonds. The number of benzene rings is 1. The molecule has 0 saturated carbocycles. The van der Waals surface area contributed by atoms with Crippen molar-refractivity contribution in [3.63, 3.8) is 0 Å². The minimum atomic E-state index is 0.382. The number of aromatic nitrogens is 1. The zero-order valence-corrected chi connectivity index (χ0v) is 13.4. The summed E-state index contributed by atoms with van der Waals surface area (Å²) in [5, 5.41) is 0. The van der Waals surface area contributed by atoms with Crippen LogP contribution in [0.25, 0.3) is 0 Å². The van der Waals surface area contributed by atoms with E-state index in [2.05, 4.69) is 33.0 Å². The molecule has 0 spiro atoms. The molecule has 0 aliphatic heterocycles. The Morgan fingerprint density at radius 2 is 1.95 bits per heavy atom. The van der Waals surface area contributed by atoms with Gasteiger partial charge in [-0.05, 0) is 70.9 Å². The van der Waals surface area contributed by atoms with Crippen LogP contribution in [0.2, 0.25) is 0 Å². The van der Waals surface area contributed by atoms with Gasteiger partial charge in [-0.15, -0.1) is 11.6 Å². The Hall–Kier alpha value is -1.06. The number of halogens is 2. The smallest absolute Gasteiger partial charge is 0.223 e. The lowest BCUT2D eigenvalue weighted by atomic mass is 9.92. The lowest BCUT2D eigenvalue weighted by Crippen LogP contribution is -2.02. The molecule has 0 saturated heterocycles. The molecule has 0 N–H and O–H groups in total. The van der Waals surface area contributed by atoms with Gasteiger partial charge in [-0.2, -0.15) is 0 Å². The molecule has 2 nitrogen and oxygen atoms in total. The Balaban J connectivity index is 1.87. The summed E-state index contributed by atoms with van der Waals surface area (Å²) in [5.41, 5.74) is 3.74. The van der Waals surface area contributed by atoms with Crippen molar-refractivity contribution in [3.8, 4) is 11.6 Å². The van der Waals surface area contributed by atoms with Crippen LogP contribution in [-0.4, -0.2) is 4.98 Å². The van der Waals surface area contributed by atoms with Gasteiger partial charge in [0.1, 0.15) is 5.75 Å². The van der Waals surface area contributed by atoms with Crippen LogP contribution < -0.4 is 4.74 Å². The van der Waals surface area contributed by atoms with Crippen LogP contribution in [0.5, 0.6) is 11.6 Å². The maximum absolute atomic E-state index is 5.94. The highest BCUT2D eigenvalue weighted by Gasteiger charge is 2.12. The first-order chi connectivity index (χ1) is 9.76. The summed E-state index contributed by atoms with van der Waals surface area (Å²) in [6, 6.07) is 8.26. The van der Waals surface area contributed by atoms with Gasteiger partial charge in [0.05, 0.1) is 5.88 Å². The van der Waals surface area contributed by atoms with Crippen LogP contribution in [-0.2, 0) is 18.7 Å². The summed E-state index contributed by atoms with van der Waals surface area (Å²) in [5.74, 6) is 1.80. The summed E-state index contributed by atoms with van der Waals surface area (Å²) < 4.78 is 6.81.